The van der Waals surface area contributed by atoms with Crippen LogP contribution >= 0.6 is 27.3 Å². The first-order valence-corrected chi connectivity index (χ1v) is 5.70. The van der Waals surface area contributed by atoms with Crippen LogP contribution in [0.4, 0.5) is 5.69 Å². The third kappa shape index (κ3) is 2.21. The second kappa shape index (κ2) is 4.08. The molecule has 2 aromatic rings. The summed E-state index contributed by atoms with van der Waals surface area (Å²) in [5.41, 5.74) is 0.977. The Hall–Kier alpha value is -1.27. The monoisotopic (exact) mass is 284 g/mol. The summed E-state index contributed by atoms with van der Waals surface area (Å²) in [5.74, 6) is 0. The van der Waals surface area contributed by atoms with Gasteiger partial charge in [0.15, 0.2) is 0 Å². The van der Waals surface area contributed by atoms with Gasteiger partial charge in [0, 0.05) is 23.1 Å². The fraction of sp³-hybridized carbons (Fsp3) is 0. The lowest BCUT2D eigenvalue weighted by atomic mass is 10.2. The van der Waals surface area contributed by atoms with E-state index in [0.717, 1.165) is 15.2 Å². The number of nitro groups is 1. The van der Waals surface area contributed by atoms with Crippen molar-refractivity contribution in [1.29, 1.82) is 0 Å². The van der Waals surface area contributed by atoms with Crippen molar-refractivity contribution < 1.29 is 4.92 Å². The minimum Gasteiger partial charge on any atom is -0.258 e. The molecule has 0 saturated heterocycles. The molecule has 0 radical (unpaired) electrons. The lowest BCUT2D eigenvalue weighted by molar-refractivity contribution is -0.384. The van der Waals surface area contributed by atoms with E-state index in [1.807, 2.05) is 5.38 Å². The zero-order chi connectivity index (χ0) is 10.8. The first-order chi connectivity index (χ1) is 7.16. The van der Waals surface area contributed by atoms with Crippen molar-refractivity contribution in [1.82, 2.24) is 4.98 Å². The molecule has 0 atom stereocenters. The Kier molecular flexibility index (Phi) is 2.79. The smallest absolute Gasteiger partial charge is 0.258 e. The molecule has 15 heavy (non-hydrogen) atoms. The third-order valence-corrected chi connectivity index (χ3v) is 3.40. The van der Waals surface area contributed by atoms with Gasteiger partial charge in [-0.3, -0.25) is 10.1 Å². The summed E-state index contributed by atoms with van der Waals surface area (Å²) in [6.45, 7) is 0. The van der Waals surface area contributed by atoms with Crippen LogP contribution in [0.25, 0.3) is 10.6 Å². The second-order valence-corrected chi connectivity index (χ2v) is 4.45. The molecule has 2 rings (SSSR count). The van der Waals surface area contributed by atoms with Crippen molar-refractivity contribution in [2.24, 2.45) is 0 Å². The Balaban J connectivity index is 2.35. The van der Waals surface area contributed by atoms with E-state index in [-0.39, 0.29) is 5.69 Å². The van der Waals surface area contributed by atoms with Gasteiger partial charge in [0.2, 0.25) is 0 Å². The first-order valence-electron chi connectivity index (χ1n) is 4.02. The normalized spacial score (nSPS) is 10.2. The number of non-ortho nitro benzene ring substituents is 1. The van der Waals surface area contributed by atoms with Crippen molar-refractivity contribution in [3.05, 3.63) is 44.4 Å². The van der Waals surface area contributed by atoms with E-state index in [1.165, 1.54) is 23.5 Å². The van der Waals surface area contributed by atoms with Gasteiger partial charge in [-0.1, -0.05) is 0 Å². The third-order valence-electron chi connectivity index (χ3n) is 1.80. The van der Waals surface area contributed by atoms with E-state index in [1.54, 1.807) is 12.1 Å². The largest absolute Gasteiger partial charge is 0.269 e. The number of nitro benzene ring substituents is 1. The number of nitrogens with zero attached hydrogens (tertiary/aromatic N) is 2. The molecule has 0 amide bonds. The molecule has 0 spiro atoms. The maximum Gasteiger partial charge on any atom is 0.269 e. The van der Waals surface area contributed by atoms with E-state index in [0.29, 0.717) is 0 Å². The number of thiazole rings is 1. The molecular formula is C9H5BrN2O2S. The van der Waals surface area contributed by atoms with E-state index in [4.69, 9.17) is 0 Å². The van der Waals surface area contributed by atoms with Gasteiger partial charge in [-0.15, -0.1) is 11.3 Å². The van der Waals surface area contributed by atoms with E-state index in [2.05, 4.69) is 20.9 Å². The van der Waals surface area contributed by atoms with Crippen LogP contribution in [0.3, 0.4) is 0 Å². The summed E-state index contributed by atoms with van der Waals surface area (Å²) >= 11 is 4.75. The van der Waals surface area contributed by atoms with Crippen LogP contribution in [0.15, 0.2) is 34.2 Å². The maximum atomic E-state index is 10.4. The predicted octanol–water partition coefficient (Wildman–Crippen LogP) is 3.48. The quantitative estimate of drug-likeness (QED) is 0.627. The highest BCUT2D eigenvalue weighted by atomic mass is 79.9. The number of halogens is 1. The van der Waals surface area contributed by atoms with Gasteiger partial charge in [0.1, 0.15) is 9.61 Å². The summed E-state index contributed by atoms with van der Waals surface area (Å²) in [4.78, 5) is 14.2. The van der Waals surface area contributed by atoms with Crippen molar-refractivity contribution >= 4 is 33.0 Å². The lowest BCUT2D eigenvalue weighted by Gasteiger charge is -1.95. The molecule has 0 unspecified atom stereocenters. The summed E-state index contributed by atoms with van der Waals surface area (Å²) in [6, 6.07) is 6.35. The second-order valence-electron chi connectivity index (χ2n) is 2.78. The number of aromatic nitrogens is 1. The Morgan fingerprint density at radius 3 is 2.47 bits per heavy atom. The molecule has 0 aliphatic rings. The fourth-order valence-electron chi connectivity index (χ4n) is 1.11. The maximum absolute atomic E-state index is 10.4. The van der Waals surface area contributed by atoms with Gasteiger partial charge < -0.3 is 0 Å². The Bertz CT molecular complexity index is 495. The minimum absolute atomic E-state index is 0.0920. The van der Waals surface area contributed by atoms with Crippen LogP contribution in [-0.4, -0.2) is 9.91 Å². The Labute approximate surface area is 97.9 Å². The number of benzene rings is 1. The average Bonchev–Trinajstić information content (AvgIpc) is 2.65. The highest BCUT2D eigenvalue weighted by molar-refractivity contribution is 9.10. The van der Waals surface area contributed by atoms with Crippen molar-refractivity contribution in [2.75, 3.05) is 0 Å². The van der Waals surface area contributed by atoms with Crippen LogP contribution < -0.4 is 0 Å². The lowest BCUT2D eigenvalue weighted by Crippen LogP contribution is -1.86. The van der Waals surface area contributed by atoms with Gasteiger partial charge in [-0.2, -0.15) is 0 Å². The minimum atomic E-state index is -0.415. The van der Waals surface area contributed by atoms with Gasteiger partial charge in [-0.25, -0.2) is 4.98 Å². The van der Waals surface area contributed by atoms with Gasteiger partial charge in [0.25, 0.3) is 5.69 Å². The molecule has 0 N–H and O–H groups in total. The Morgan fingerprint density at radius 2 is 2.00 bits per heavy atom. The average molecular weight is 285 g/mol. The topological polar surface area (TPSA) is 56.0 Å². The zero-order valence-corrected chi connectivity index (χ0v) is 9.79. The standard InChI is InChI=1S/C9H5BrN2O2S/c10-8-5-15-9(11-8)6-1-3-7(4-2-6)12(13)14/h1-5H. The van der Waals surface area contributed by atoms with Crippen LogP contribution in [0.2, 0.25) is 0 Å². The SMILES string of the molecule is O=[N+]([O-])c1ccc(-c2nc(Br)cs2)cc1. The van der Waals surface area contributed by atoms with E-state index >= 15 is 0 Å². The first kappa shape index (κ1) is 10.3. The molecule has 0 bridgehead atoms. The number of hydrogen-bond donors (Lipinski definition) is 0. The van der Waals surface area contributed by atoms with E-state index in [9.17, 15) is 10.1 Å². The fourth-order valence-corrected chi connectivity index (χ4v) is 2.37. The van der Waals surface area contributed by atoms with Gasteiger partial charge >= 0.3 is 0 Å². The van der Waals surface area contributed by atoms with Crippen molar-refractivity contribution in [3.8, 4) is 10.6 Å². The number of hydrogen-bond acceptors (Lipinski definition) is 4. The summed E-state index contributed by atoms with van der Waals surface area (Å²) in [7, 11) is 0. The van der Waals surface area contributed by atoms with Gasteiger partial charge in [-0.05, 0) is 28.1 Å². The van der Waals surface area contributed by atoms with Crippen molar-refractivity contribution in [3.63, 3.8) is 0 Å². The Morgan fingerprint density at radius 1 is 1.33 bits per heavy atom. The predicted molar refractivity (Wildman–Crippen MR) is 61.9 cm³/mol. The molecule has 4 nitrogen and oxygen atoms in total. The zero-order valence-electron chi connectivity index (χ0n) is 7.38. The molecule has 0 aliphatic heterocycles. The molecule has 1 heterocycles. The molecule has 0 aliphatic carbocycles. The summed E-state index contributed by atoms with van der Waals surface area (Å²) in [5, 5.41) is 13.2. The molecule has 1 aromatic carbocycles. The van der Waals surface area contributed by atoms with Gasteiger partial charge in [0.05, 0.1) is 4.92 Å². The molecule has 0 fully saturated rings. The molecule has 6 heteroatoms. The highest BCUT2D eigenvalue weighted by Gasteiger charge is 2.07. The van der Waals surface area contributed by atoms with Crippen LogP contribution in [0.5, 0.6) is 0 Å². The van der Waals surface area contributed by atoms with Crippen LogP contribution in [-0.2, 0) is 0 Å². The summed E-state index contributed by atoms with van der Waals surface area (Å²) in [6.07, 6.45) is 0. The molecule has 1 aromatic heterocycles. The van der Waals surface area contributed by atoms with Crippen LogP contribution in [0.1, 0.15) is 0 Å². The molecule has 76 valence electrons. The van der Waals surface area contributed by atoms with E-state index < -0.39 is 4.92 Å². The summed E-state index contributed by atoms with van der Waals surface area (Å²) < 4.78 is 0.779. The highest BCUT2D eigenvalue weighted by Crippen LogP contribution is 2.27. The van der Waals surface area contributed by atoms with Crippen LogP contribution in [0, 0.1) is 10.1 Å². The molecule has 0 saturated carbocycles. The van der Waals surface area contributed by atoms with Crippen molar-refractivity contribution in [2.45, 2.75) is 0 Å². The molecular weight excluding hydrogens is 280 g/mol. The number of rotatable bonds is 2.